The van der Waals surface area contributed by atoms with Crippen LogP contribution in [0.5, 0.6) is 0 Å². The van der Waals surface area contributed by atoms with E-state index in [2.05, 4.69) is 15.5 Å². The molecule has 0 spiro atoms. The lowest BCUT2D eigenvalue weighted by molar-refractivity contribution is -0.146. The van der Waals surface area contributed by atoms with E-state index >= 15 is 0 Å². The molecule has 0 fully saturated rings. The number of aryl methyl sites for hydroxylation is 1. The number of carboxylic acids is 1. The summed E-state index contributed by atoms with van der Waals surface area (Å²) in [4.78, 5) is 27.9. The number of nitrogens with one attached hydrogen (secondary N) is 1. The van der Waals surface area contributed by atoms with Crippen LogP contribution in [0.1, 0.15) is 32.6 Å². The van der Waals surface area contributed by atoms with Crippen LogP contribution in [0.25, 0.3) is 10.7 Å². The van der Waals surface area contributed by atoms with Crippen LogP contribution < -0.4 is 5.32 Å². The highest BCUT2D eigenvalue weighted by Crippen LogP contribution is 2.21. The van der Waals surface area contributed by atoms with E-state index < -0.39 is 11.4 Å². The van der Waals surface area contributed by atoms with Crippen molar-refractivity contribution >= 4 is 23.2 Å². The molecule has 0 aliphatic rings. The number of aromatic nitrogens is 2. The molecule has 0 saturated carbocycles. The molecule has 2 N–H and O–H groups in total. The SMILES string of the molecule is CC(C)(CNC(=O)CCCc1nc(-c2cccs2)no1)C(=O)O. The van der Waals surface area contributed by atoms with E-state index in [4.69, 9.17) is 9.63 Å². The summed E-state index contributed by atoms with van der Waals surface area (Å²) in [5, 5.41) is 17.5. The van der Waals surface area contributed by atoms with Crippen molar-refractivity contribution in [3.05, 3.63) is 23.4 Å². The average molecular weight is 337 g/mol. The third-order valence-electron chi connectivity index (χ3n) is 3.31. The number of hydrogen-bond donors (Lipinski definition) is 2. The minimum atomic E-state index is -0.974. The van der Waals surface area contributed by atoms with Gasteiger partial charge in [-0.15, -0.1) is 11.3 Å². The monoisotopic (exact) mass is 337 g/mol. The molecule has 7 nitrogen and oxygen atoms in total. The van der Waals surface area contributed by atoms with Crippen LogP contribution >= 0.6 is 11.3 Å². The number of hydrogen-bond acceptors (Lipinski definition) is 6. The van der Waals surface area contributed by atoms with Crippen LogP contribution in [0.3, 0.4) is 0 Å². The second-order valence-corrected chi connectivity index (χ2v) is 6.76. The fourth-order valence-electron chi connectivity index (χ4n) is 1.75. The van der Waals surface area contributed by atoms with Crippen molar-refractivity contribution in [2.75, 3.05) is 6.54 Å². The molecule has 2 aromatic heterocycles. The third-order valence-corrected chi connectivity index (χ3v) is 4.18. The number of amides is 1. The largest absolute Gasteiger partial charge is 0.481 e. The summed E-state index contributed by atoms with van der Waals surface area (Å²) in [6.07, 6.45) is 1.35. The Bertz CT molecular complexity index is 664. The maximum absolute atomic E-state index is 11.7. The van der Waals surface area contributed by atoms with E-state index in [0.29, 0.717) is 24.6 Å². The number of aliphatic carboxylic acids is 1. The van der Waals surface area contributed by atoms with Gasteiger partial charge in [0.1, 0.15) is 0 Å². The van der Waals surface area contributed by atoms with Crippen molar-refractivity contribution in [3.63, 3.8) is 0 Å². The van der Waals surface area contributed by atoms with Gasteiger partial charge in [-0.3, -0.25) is 9.59 Å². The number of rotatable bonds is 8. The van der Waals surface area contributed by atoms with Crippen molar-refractivity contribution in [2.45, 2.75) is 33.1 Å². The van der Waals surface area contributed by atoms with Gasteiger partial charge in [-0.1, -0.05) is 11.2 Å². The van der Waals surface area contributed by atoms with Gasteiger partial charge in [-0.05, 0) is 31.7 Å². The summed E-state index contributed by atoms with van der Waals surface area (Å²) < 4.78 is 5.15. The fourth-order valence-corrected chi connectivity index (χ4v) is 2.40. The van der Waals surface area contributed by atoms with Gasteiger partial charge in [0.15, 0.2) is 0 Å². The highest BCUT2D eigenvalue weighted by atomic mass is 32.1. The van der Waals surface area contributed by atoms with Crippen molar-refractivity contribution in [1.82, 2.24) is 15.5 Å². The molecule has 2 heterocycles. The van der Waals surface area contributed by atoms with Crippen molar-refractivity contribution in [3.8, 4) is 10.7 Å². The summed E-state index contributed by atoms with van der Waals surface area (Å²) >= 11 is 1.53. The molecular weight excluding hydrogens is 318 g/mol. The predicted octanol–water partition coefficient (Wildman–Crippen LogP) is 2.35. The number of carbonyl (C=O) groups is 2. The van der Waals surface area contributed by atoms with Crippen LogP contribution in [0.4, 0.5) is 0 Å². The van der Waals surface area contributed by atoms with Crippen LogP contribution in [0, 0.1) is 5.41 Å². The van der Waals surface area contributed by atoms with Crippen molar-refractivity contribution < 1.29 is 19.2 Å². The van der Waals surface area contributed by atoms with Gasteiger partial charge in [0.25, 0.3) is 0 Å². The molecule has 0 aromatic carbocycles. The van der Waals surface area contributed by atoms with E-state index in [1.165, 1.54) is 11.3 Å². The number of thiophene rings is 1. The number of carbonyl (C=O) groups excluding carboxylic acids is 1. The summed E-state index contributed by atoms with van der Waals surface area (Å²) in [5.41, 5.74) is -0.974. The Labute approximate surface area is 137 Å². The Balaban J connectivity index is 1.73. The molecule has 124 valence electrons. The van der Waals surface area contributed by atoms with Gasteiger partial charge in [-0.25, -0.2) is 0 Å². The smallest absolute Gasteiger partial charge is 0.310 e. The molecule has 1 amide bonds. The molecule has 2 rings (SSSR count). The van der Waals surface area contributed by atoms with Gasteiger partial charge in [0, 0.05) is 19.4 Å². The van der Waals surface area contributed by atoms with E-state index in [1.807, 2.05) is 17.5 Å². The van der Waals surface area contributed by atoms with Crippen LogP contribution in [0.2, 0.25) is 0 Å². The highest BCUT2D eigenvalue weighted by Gasteiger charge is 2.27. The first-order valence-corrected chi connectivity index (χ1v) is 8.13. The lowest BCUT2D eigenvalue weighted by Gasteiger charge is -2.19. The quantitative estimate of drug-likeness (QED) is 0.766. The average Bonchev–Trinajstić information content (AvgIpc) is 3.16. The number of nitrogens with zero attached hydrogens (tertiary/aromatic N) is 2. The molecular formula is C15H19N3O4S. The van der Waals surface area contributed by atoms with E-state index in [0.717, 1.165) is 4.88 Å². The molecule has 0 aliphatic heterocycles. The lowest BCUT2D eigenvalue weighted by atomic mass is 9.94. The molecule has 0 atom stereocenters. The Kier molecular flexibility index (Phi) is 5.49. The Hall–Kier alpha value is -2.22. The molecule has 0 aliphatic carbocycles. The molecule has 23 heavy (non-hydrogen) atoms. The zero-order valence-corrected chi connectivity index (χ0v) is 13.9. The normalized spacial score (nSPS) is 11.4. The first kappa shape index (κ1) is 17.1. The predicted molar refractivity (Wildman–Crippen MR) is 85.0 cm³/mol. The topological polar surface area (TPSA) is 105 Å². The molecule has 0 saturated heterocycles. The standard InChI is InChI=1S/C15H19N3O4S/c1-15(2,14(20)21)9-16-11(19)6-3-7-12-17-13(18-22-12)10-5-4-8-23-10/h4-5,8H,3,6-7,9H2,1-2H3,(H,16,19)(H,20,21). The van der Waals surface area contributed by atoms with Crippen molar-refractivity contribution in [1.29, 1.82) is 0 Å². The third kappa shape index (κ3) is 4.88. The van der Waals surface area contributed by atoms with Gasteiger partial charge in [0.05, 0.1) is 10.3 Å². The molecule has 0 unspecified atom stereocenters. The maximum Gasteiger partial charge on any atom is 0.310 e. The van der Waals surface area contributed by atoms with E-state index in [1.54, 1.807) is 13.8 Å². The molecule has 0 radical (unpaired) electrons. The van der Waals surface area contributed by atoms with Crippen molar-refractivity contribution in [2.24, 2.45) is 5.41 Å². The molecule has 0 bridgehead atoms. The molecule has 8 heteroatoms. The van der Waals surface area contributed by atoms with Crippen LogP contribution in [-0.4, -0.2) is 33.7 Å². The van der Waals surface area contributed by atoms with E-state index in [9.17, 15) is 9.59 Å². The highest BCUT2D eigenvalue weighted by molar-refractivity contribution is 7.13. The Morgan fingerprint density at radius 3 is 2.87 bits per heavy atom. The summed E-state index contributed by atoms with van der Waals surface area (Å²) in [7, 11) is 0. The van der Waals surface area contributed by atoms with Gasteiger partial charge < -0.3 is 14.9 Å². The maximum atomic E-state index is 11.7. The molecule has 2 aromatic rings. The summed E-state index contributed by atoms with van der Waals surface area (Å²) in [6.45, 7) is 3.24. The first-order valence-electron chi connectivity index (χ1n) is 7.25. The second kappa shape index (κ2) is 7.36. The minimum Gasteiger partial charge on any atom is -0.481 e. The van der Waals surface area contributed by atoms with E-state index in [-0.39, 0.29) is 18.9 Å². The summed E-state index contributed by atoms with van der Waals surface area (Å²) in [5.74, 6) is -0.0724. The number of carboxylic acid groups (broad SMARTS) is 1. The van der Waals surface area contributed by atoms with Crippen LogP contribution in [-0.2, 0) is 16.0 Å². The van der Waals surface area contributed by atoms with Crippen LogP contribution in [0.15, 0.2) is 22.0 Å². The fraction of sp³-hybridized carbons (Fsp3) is 0.467. The Morgan fingerprint density at radius 1 is 1.43 bits per heavy atom. The van der Waals surface area contributed by atoms with Gasteiger partial charge in [-0.2, -0.15) is 4.98 Å². The zero-order chi connectivity index (χ0) is 16.9. The van der Waals surface area contributed by atoms with Gasteiger partial charge >= 0.3 is 5.97 Å². The van der Waals surface area contributed by atoms with Gasteiger partial charge in [0.2, 0.25) is 17.6 Å². The minimum absolute atomic E-state index is 0.101. The first-order chi connectivity index (χ1) is 10.9. The summed E-state index contributed by atoms with van der Waals surface area (Å²) in [6, 6.07) is 3.83. The second-order valence-electron chi connectivity index (χ2n) is 5.81. The Morgan fingerprint density at radius 2 is 2.22 bits per heavy atom. The lowest BCUT2D eigenvalue weighted by Crippen LogP contribution is -2.38. The zero-order valence-electron chi connectivity index (χ0n) is 13.0.